The Balaban J connectivity index is 1.88. The maximum absolute atomic E-state index is 13.3. The third-order valence-corrected chi connectivity index (χ3v) is 5.81. The lowest BCUT2D eigenvalue weighted by atomic mass is 10.0. The molecule has 0 spiro atoms. The Morgan fingerprint density at radius 1 is 1.07 bits per heavy atom. The minimum atomic E-state index is -0.101. The number of pyridine rings is 1. The average molecular weight is 387 g/mol. The van der Waals surface area contributed by atoms with Crippen LogP contribution in [0.3, 0.4) is 0 Å². The van der Waals surface area contributed by atoms with Gasteiger partial charge >= 0.3 is 0 Å². The van der Waals surface area contributed by atoms with Crippen molar-refractivity contribution >= 4 is 33.8 Å². The van der Waals surface area contributed by atoms with Crippen molar-refractivity contribution < 1.29 is 4.79 Å². The van der Waals surface area contributed by atoms with Gasteiger partial charge in [-0.3, -0.25) is 4.79 Å². The van der Waals surface area contributed by atoms with Crippen LogP contribution in [-0.4, -0.2) is 10.9 Å². The molecule has 0 atom stereocenters. The number of para-hydroxylation sites is 1. The summed E-state index contributed by atoms with van der Waals surface area (Å²) in [5.74, 6) is -0.101. The minimum Gasteiger partial charge on any atom is -0.322 e. The molecule has 28 heavy (non-hydrogen) atoms. The molecular formula is C24H22N2OS. The highest BCUT2D eigenvalue weighted by molar-refractivity contribution is 7.13. The summed E-state index contributed by atoms with van der Waals surface area (Å²) in [5, 5.41) is 6.04. The van der Waals surface area contributed by atoms with Crippen molar-refractivity contribution in [1.82, 2.24) is 4.98 Å². The van der Waals surface area contributed by atoms with Gasteiger partial charge < -0.3 is 5.32 Å². The van der Waals surface area contributed by atoms with Gasteiger partial charge in [0.15, 0.2) is 0 Å². The van der Waals surface area contributed by atoms with Crippen LogP contribution >= 0.6 is 11.3 Å². The molecule has 0 aliphatic carbocycles. The topological polar surface area (TPSA) is 42.0 Å². The molecule has 2 heterocycles. The van der Waals surface area contributed by atoms with E-state index >= 15 is 0 Å². The van der Waals surface area contributed by atoms with Crippen molar-refractivity contribution in [2.45, 2.75) is 27.2 Å². The molecule has 0 saturated heterocycles. The number of benzene rings is 2. The van der Waals surface area contributed by atoms with Gasteiger partial charge in [-0.15, -0.1) is 11.3 Å². The summed E-state index contributed by atoms with van der Waals surface area (Å²) in [5.41, 5.74) is 6.57. The standard InChI is InChI=1S/C24H22N2OS/c1-4-17-8-5-6-9-20(17)26-24(27)19-14-21(22-10-7-11-28-22)25-23-16(3)12-15(2)13-18(19)23/h5-14H,4H2,1-3H3,(H,26,27). The summed E-state index contributed by atoms with van der Waals surface area (Å²) in [6.45, 7) is 6.19. The molecule has 2 aromatic carbocycles. The molecule has 0 fully saturated rings. The monoisotopic (exact) mass is 386 g/mol. The number of aromatic nitrogens is 1. The fraction of sp³-hybridized carbons (Fsp3) is 0.167. The van der Waals surface area contributed by atoms with Crippen LogP contribution in [0.4, 0.5) is 5.69 Å². The van der Waals surface area contributed by atoms with Crippen LogP contribution in [0.2, 0.25) is 0 Å². The molecule has 2 aromatic heterocycles. The smallest absolute Gasteiger partial charge is 0.256 e. The fourth-order valence-electron chi connectivity index (χ4n) is 3.56. The van der Waals surface area contributed by atoms with Gasteiger partial charge in [-0.1, -0.05) is 42.8 Å². The van der Waals surface area contributed by atoms with Crippen molar-refractivity contribution in [3.05, 3.63) is 82.2 Å². The quantitative estimate of drug-likeness (QED) is 0.441. The summed E-state index contributed by atoms with van der Waals surface area (Å²) >= 11 is 1.63. The second kappa shape index (κ2) is 7.56. The highest BCUT2D eigenvalue weighted by atomic mass is 32.1. The number of nitrogens with zero attached hydrogens (tertiary/aromatic N) is 1. The Kier molecular flexibility index (Phi) is 4.97. The molecule has 0 saturated carbocycles. The van der Waals surface area contributed by atoms with Gasteiger partial charge in [0.1, 0.15) is 0 Å². The second-order valence-electron chi connectivity index (χ2n) is 6.98. The summed E-state index contributed by atoms with van der Waals surface area (Å²) in [6.07, 6.45) is 0.867. The number of hydrogen-bond donors (Lipinski definition) is 1. The predicted molar refractivity (Wildman–Crippen MR) is 118 cm³/mol. The molecule has 0 aliphatic rings. The van der Waals surface area contributed by atoms with Crippen LogP contribution in [-0.2, 0) is 6.42 Å². The van der Waals surface area contributed by atoms with Crippen LogP contribution in [0.25, 0.3) is 21.5 Å². The summed E-state index contributed by atoms with van der Waals surface area (Å²) in [6, 6.07) is 18.1. The van der Waals surface area contributed by atoms with Gasteiger partial charge in [0.25, 0.3) is 5.91 Å². The molecule has 4 aromatic rings. The zero-order valence-electron chi connectivity index (χ0n) is 16.2. The first-order valence-electron chi connectivity index (χ1n) is 9.42. The van der Waals surface area contributed by atoms with Crippen LogP contribution in [0.1, 0.15) is 34.0 Å². The van der Waals surface area contributed by atoms with Crippen LogP contribution < -0.4 is 5.32 Å². The van der Waals surface area contributed by atoms with E-state index < -0.39 is 0 Å². The molecule has 0 bridgehead atoms. The normalized spacial score (nSPS) is 11.0. The molecule has 0 aliphatic heterocycles. The molecule has 0 unspecified atom stereocenters. The highest BCUT2D eigenvalue weighted by Crippen LogP contribution is 2.30. The second-order valence-corrected chi connectivity index (χ2v) is 7.92. The van der Waals surface area contributed by atoms with Crippen molar-refractivity contribution in [2.24, 2.45) is 0 Å². The van der Waals surface area contributed by atoms with Crippen molar-refractivity contribution in [3.63, 3.8) is 0 Å². The molecule has 3 nitrogen and oxygen atoms in total. The molecule has 4 heteroatoms. The third-order valence-electron chi connectivity index (χ3n) is 4.91. The lowest BCUT2D eigenvalue weighted by Crippen LogP contribution is -2.14. The largest absolute Gasteiger partial charge is 0.322 e. The summed E-state index contributed by atoms with van der Waals surface area (Å²) in [7, 11) is 0. The molecule has 0 radical (unpaired) electrons. The van der Waals surface area contributed by atoms with E-state index in [1.54, 1.807) is 11.3 Å². The number of rotatable bonds is 4. The van der Waals surface area contributed by atoms with Gasteiger partial charge in [-0.2, -0.15) is 0 Å². The zero-order valence-corrected chi connectivity index (χ0v) is 17.1. The minimum absolute atomic E-state index is 0.101. The van der Waals surface area contributed by atoms with Crippen molar-refractivity contribution in [2.75, 3.05) is 5.32 Å². The molecule has 140 valence electrons. The van der Waals surface area contributed by atoms with E-state index in [1.807, 2.05) is 60.8 Å². The SMILES string of the molecule is CCc1ccccc1NC(=O)c1cc(-c2cccs2)nc2c(C)cc(C)cc12. The number of fused-ring (bicyclic) bond motifs is 1. The van der Waals surface area contributed by atoms with Crippen LogP contribution in [0.15, 0.2) is 60.0 Å². The van der Waals surface area contributed by atoms with Gasteiger partial charge in [-0.25, -0.2) is 4.98 Å². The molecule has 1 amide bonds. The Labute approximate surface area is 169 Å². The van der Waals surface area contributed by atoms with E-state index in [9.17, 15) is 4.79 Å². The van der Waals surface area contributed by atoms with E-state index in [0.29, 0.717) is 5.56 Å². The van der Waals surface area contributed by atoms with E-state index in [4.69, 9.17) is 4.98 Å². The number of aryl methyl sites for hydroxylation is 3. The average Bonchev–Trinajstić information content (AvgIpc) is 3.22. The third kappa shape index (κ3) is 3.43. The molecular weight excluding hydrogens is 364 g/mol. The van der Waals surface area contributed by atoms with Crippen molar-refractivity contribution in [1.29, 1.82) is 0 Å². The Morgan fingerprint density at radius 2 is 1.89 bits per heavy atom. The lowest BCUT2D eigenvalue weighted by molar-refractivity contribution is 0.102. The van der Waals surface area contributed by atoms with E-state index in [2.05, 4.69) is 25.2 Å². The van der Waals surface area contributed by atoms with Crippen molar-refractivity contribution in [3.8, 4) is 10.6 Å². The number of nitrogens with one attached hydrogen (secondary N) is 1. The van der Waals surface area contributed by atoms with Gasteiger partial charge in [-0.05, 0) is 61.0 Å². The first kappa shape index (κ1) is 18.4. The fourth-order valence-corrected chi connectivity index (χ4v) is 4.25. The van der Waals surface area contributed by atoms with Crippen LogP contribution in [0, 0.1) is 13.8 Å². The maximum atomic E-state index is 13.3. The lowest BCUT2D eigenvalue weighted by Gasteiger charge is -2.14. The first-order chi connectivity index (χ1) is 13.6. The maximum Gasteiger partial charge on any atom is 0.256 e. The molecule has 1 N–H and O–H groups in total. The highest BCUT2D eigenvalue weighted by Gasteiger charge is 2.17. The number of hydrogen-bond acceptors (Lipinski definition) is 3. The Bertz CT molecular complexity index is 1160. The predicted octanol–water partition coefficient (Wildman–Crippen LogP) is 6.39. The zero-order chi connectivity index (χ0) is 19.7. The van der Waals surface area contributed by atoms with E-state index in [1.165, 1.54) is 0 Å². The number of carbonyl (C=O) groups excluding carboxylic acids is 1. The number of carbonyl (C=O) groups is 1. The van der Waals surface area contributed by atoms with Crippen LogP contribution in [0.5, 0.6) is 0 Å². The Hall–Kier alpha value is -2.98. The summed E-state index contributed by atoms with van der Waals surface area (Å²) < 4.78 is 0. The summed E-state index contributed by atoms with van der Waals surface area (Å²) in [4.78, 5) is 19.2. The molecule has 4 rings (SSSR count). The number of thiophene rings is 1. The van der Waals surface area contributed by atoms with Gasteiger partial charge in [0.2, 0.25) is 0 Å². The van der Waals surface area contributed by atoms with E-state index in [-0.39, 0.29) is 5.91 Å². The first-order valence-corrected chi connectivity index (χ1v) is 10.3. The van der Waals surface area contributed by atoms with Gasteiger partial charge in [0, 0.05) is 11.1 Å². The van der Waals surface area contributed by atoms with Gasteiger partial charge in [0.05, 0.1) is 21.7 Å². The van der Waals surface area contributed by atoms with E-state index in [0.717, 1.165) is 50.3 Å². The number of amides is 1. The Morgan fingerprint density at radius 3 is 2.64 bits per heavy atom. The number of anilines is 1.